The smallest absolute Gasteiger partial charge is 0.137 e. The Labute approximate surface area is 108 Å². The maximum absolute atomic E-state index is 9.40. The predicted octanol–water partition coefficient (Wildman–Crippen LogP) is 2.38. The van der Waals surface area contributed by atoms with Gasteiger partial charge in [-0.25, -0.2) is 9.97 Å². The summed E-state index contributed by atoms with van der Waals surface area (Å²) in [4.78, 5) is 10.7. The largest absolute Gasteiger partial charge is 0.392 e. The van der Waals surface area contributed by atoms with E-state index in [1.54, 1.807) is 6.92 Å². The van der Waals surface area contributed by atoms with Gasteiger partial charge in [0.15, 0.2) is 0 Å². The van der Waals surface area contributed by atoms with Crippen LogP contribution >= 0.6 is 11.6 Å². The van der Waals surface area contributed by atoms with Crippen LogP contribution in [0.2, 0.25) is 5.15 Å². The summed E-state index contributed by atoms with van der Waals surface area (Å²) in [5.74, 6) is 1.74. The highest BCUT2D eigenvalue weighted by molar-refractivity contribution is 6.30. The SMILES string of the molecule is Cc1c(Cl)nc(C(C)C)nc1N(C)CC(C)O. The molecule has 0 aromatic carbocycles. The summed E-state index contributed by atoms with van der Waals surface area (Å²) < 4.78 is 0. The van der Waals surface area contributed by atoms with Crippen molar-refractivity contribution in [3.63, 3.8) is 0 Å². The summed E-state index contributed by atoms with van der Waals surface area (Å²) >= 11 is 6.10. The molecule has 0 saturated heterocycles. The minimum atomic E-state index is -0.407. The minimum absolute atomic E-state index is 0.229. The van der Waals surface area contributed by atoms with Crippen LogP contribution in [0, 0.1) is 6.92 Å². The van der Waals surface area contributed by atoms with Crippen molar-refractivity contribution in [2.75, 3.05) is 18.5 Å². The molecule has 1 rings (SSSR count). The minimum Gasteiger partial charge on any atom is -0.392 e. The second kappa shape index (κ2) is 5.65. The molecule has 1 heterocycles. The molecule has 0 bridgehead atoms. The summed E-state index contributed by atoms with van der Waals surface area (Å²) in [6.45, 7) is 8.21. The standard InChI is InChI=1S/C12H20ClN3O/c1-7(2)11-14-10(13)9(4)12(15-11)16(5)6-8(3)17/h7-8,17H,6H2,1-5H3. The first-order valence-electron chi connectivity index (χ1n) is 5.76. The topological polar surface area (TPSA) is 49.2 Å². The first-order valence-corrected chi connectivity index (χ1v) is 6.14. The van der Waals surface area contributed by atoms with Crippen LogP contribution in [-0.2, 0) is 0 Å². The Balaban J connectivity index is 3.13. The fourth-order valence-electron chi connectivity index (χ4n) is 1.61. The number of aromatic nitrogens is 2. The lowest BCUT2D eigenvalue weighted by atomic mass is 10.2. The third kappa shape index (κ3) is 3.54. The number of rotatable bonds is 4. The summed E-state index contributed by atoms with van der Waals surface area (Å²) in [5, 5.41) is 9.89. The molecule has 5 heteroatoms. The number of hydrogen-bond acceptors (Lipinski definition) is 4. The van der Waals surface area contributed by atoms with Crippen LogP contribution in [0.3, 0.4) is 0 Å². The average molecular weight is 258 g/mol. The molecule has 0 amide bonds. The van der Waals surface area contributed by atoms with Gasteiger partial charge in [0.2, 0.25) is 0 Å². The molecule has 96 valence electrons. The van der Waals surface area contributed by atoms with Gasteiger partial charge in [-0.3, -0.25) is 0 Å². The van der Waals surface area contributed by atoms with E-state index in [4.69, 9.17) is 11.6 Å². The Bertz CT molecular complexity index is 394. The third-order valence-corrected chi connectivity index (χ3v) is 2.86. The maximum Gasteiger partial charge on any atom is 0.137 e. The van der Waals surface area contributed by atoms with Gasteiger partial charge >= 0.3 is 0 Å². The molecule has 1 aromatic rings. The molecular formula is C12H20ClN3O. The van der Waals surface area contributed by atoms with Crippen molar-refractivity contribution in [1.29, 1.82) is 0 Å². The molecule has 0 radical (unpaired) electrons. The summed E-state index contributed by atoms with van der Waals surface area (Å²) in [7, 11) is 1.89. The lowest BCUT2D eigenvalue weighted by Gasteiger charge is -2.23. The van der Waals surface area contributed by atoms with Gasteiger partial charge in [-0.05, 0) is 13.8 Å². The Kier molecular flexibility index (Phi) is 4.71. The quantitative estimate of drug-likeness (QED) is 0.842. The molecule has 1 N–H and O–H groups in total. The van der Waals surface area contributed by atoms with Crippen LogP contribution in [0.1, 0.15) is 38.1 Å². The molecule has 1 aromatic heterocycles. The Morgan fingerprint density at radius 1 is 1.29 bits per heavy atom. The molecule has 1 unspecified atom stereocenters. The number of hydrogen-bond donors (Lipinski definition) is 1. The van der Waals surface area contributed by atoms with E-state index in [1.807, 2.05) is 32.7 Å². The maximum atomic E-state index is 9.40. The normalized spacial score (nSPS) is 12.9. The zero-order valence-electron chi connectivity index (χ0n) is 11.0. The number of aliphatic hydroxyl groups excluding tert-OH is 1. The number of anilines is 1. The van der Waals surface area contributed by atoms with Gasteiger partial charge in [0.05, 0.1) is 6.10 Å². The average Bonchev–Trinajstić information content (AvgIpc) is 2.20. The Morgan fingerprint density at radius 2 is 1.88 bits per heavy atom. The van der Waals surface area contributed by atoms with Crippen LogP contribution in [0.4, 0.5) is 5.82 Å². The van der Waals surface area contributed by atoms with E-state index in [2.05, 4.69) is 9.97 Å². The summed E-state index contributed by atoms with van der Waals surface area (Å²) in [5.41, 5.74) is 0.846. The van der Waals surface area contributed by atoms with Gasteiger partial charge in [-0.2, -0.15) is 0 Å². The number of nitrogens with zero attached hydrogens (tertiary/aromatic N) is 3. The fraction of sp³-hybridized carbons (Fsp3) is 0.667. The van der Waals surface area contributed by atoms with Gasteiger partial charge in [-0.1, -0.05) is 25.4 Å². The Morgan fingerprint density at radius 3 is 2.35 bits per heavy atom. The highest BCUT2D eigenvalue weighted by Crippen LogP contribution is 2.25. The highest BCUT2D eigenvalue weighted by Gasteiger charge is 2.15. The van der Waals surface area contributed by atoms with Crippen molar-refractivity contribution in [2.24, 2.45) is 0 Å². The van der Waals surface area contributed by atoms with E-state index < -0.39 is 6.10 Å². The predicted molar refractivity (Wildman–Crippen MR) is 70.8 cm³/mol. The fourth-order valence-corrected chi connectivity index (χ4v) is 1.78. The van der Waals surface area contributed by atoms with Gasteiger partial charge in [0, 0.05) is 25.1 Å². The molecule has 0 aliphatic rings. The molecule has 17 heavy (non-hydrogen) atoms. The molecule has 0 saturated carbocycles. The van der Waals surface area contributed by atoms with E-state index in [0.717, 1.165) is 17.2 Å². The van der Waals surface area contributed by atoms with Gasteiger partial charge in [-0.15, -0.1) is 0 Å². The third-order valence-electron chi connectivity index (χ3n) is 2.49. The van der Waals surface area contributed by atoms with E-state index in [-0.39, 0.29) is 5.92 Å². The van der Waals surface area contributed by atoms with Crippen molar-refractivity contribution < 1.29 is 5.11 Å². The summed E-state index contributed by atoms with van der Waals surface area (Å²) in [6, 6.07) is 0. The lowest BCUT2D eigenvalue weighted by molar-refractivity contribution is 0.201. The van der Waals surface area contributed by atoms with E-state index in [1.165, 1.54) is 0 Å². The number of aliphatic hydroxyl groups is 1. The highest BCUT2D eigenvalue weighted by atomic mass is 35.5. The molecule has 0 aliphatic heterocycles. The van der Waals surface area contributed by atoms with Gasteiger partial charge < -0.3 is 10.0 Å². The second-order valence-corrected chi connectivity index (χ2v) is 5.06. The molecule has 1 atom stereocenters. The van der Waals surface area contributed by atoms with E-state index >= 15 is 0 Å². The van der Waals surface area contributed by atoms with Crippen LogP contribution in [0.5, 0.6) is 0 Å². The van der Waals surface area contributed by atoms with E-state index in [0.29, 0.717) is 11.7 Å². The van der Waals surface area contributed by atoms with Crippen molar-refractivity contribution >= 4 is 17.4 Å². The van der Waals surface area contributed by atoms with Gasteiger partial charge in [0.1, 0.15) is 16.8 Å². The zero-order chi connectivity index (χ0) is 13.2. The van der Waals surface area contributed by atoms with Gasteiger partial charge in [0.25, 0.3) is 0 Å². The van der Waals surface area contributed by atoms with Crippen LogP contribution in [0.15, 0.2) is 0 Å². The molecule has 0 aliphatic carbocycles. The van der Waals surface area contributed by atoms with Crippen LogP contribution in [0.25, 0.3) is 0 Å². The molecule has 0 spiro atoms. The molecule has 4 nitrogen and oxygen atoms in total. The zero-order valence-corrected chi connectivity index (χ0v) is 11.8. The van der Waals surface area contributed by atoms with Crippen molar-refractivity contribution in [1.82, 2.24) is 9.97 Å². The first-order chi connectivity index (χ1) is 7.82. The first kappa shape index (κ1) is 14.2. The monoisotopic (exact) mass is 257 g/mol. The second-order valence-electron chi connectivity index (χ2n) is 4.71. The van der Waals surface area contributed by atoms with Crippen molar-refractivity contribution in [2.45, 2.75) is 39.7 Å². The molecule has 0 fully saturated rings. The lowest BCUT2D eigenvalue weighted by Crippen LogP contribution is -2.28. The Hall–Kier alpha value is -0.870. The van der Waals surface area contributed by atoms with Crippen molar-refractivity contribution in [3.8, 4) is 0 Å². The van der Waals surface area contributed by atoms with Crippen molar-refractivity contribution in [3.05, 3.63) is 16.5 Å². The molecular weight excluding hydrogens is 238 g/mol. The van der Waals surface area contributed by atoms with E-state index in [9.17, 15) is 5.11 Å². The van der Waals surface area contributed by atoms with Crippen LogP contribution < -0.4 is 4.90 Å². The number of likely N-dealkylation sites (N-methyl/N-ethyl adjacent to an activating group) is 1. The number of halogens is 1. The van der Waals surface area contributed by atoms with Crippen LogP contribution in [-0.4, -0.2) is 34.8 Å². The summed E-state index contributed by atoms with van der Waals surface area (Å²) in [6.07, 6.45) is -0.407.